The van der Waals surface area contributed by atoms with Gasteiger partial charge in [-0.05, 0) is 30.4 Å². The van der Waals surface area contributed by atoms with Gasteiger partial charge in [-0.1, -0.05) is 0 Å². The van der Waals surface area contributed by atoms with Gasteiger partial charge in [-0.3, -0.25) is 14.9 Å². The first-order valence-corrected chi connectivity index (χ1v) is 6.62. The Bertz CT molecular complexity index is 809. The predicted molar refractivity (Wildman–Crippen MR) is 85.0 cm³/mol. The molecule has 2 rings (SSSR count). The molecule has 0 radical (unpaired) electrons. The average Bonchev–Trinajstić information content (AvgIpc) is 3.03. The van der Waals surface area contributed by atoms with Crippen molar-refractivity contribution in [2.45, 2.75) is 0 Å². The van der Waals surface area contributed by atoms with Gasteiger partial charge in [-0.25, -0.2) is 5.43 Å². The van der Waals surface area contributed by atoms with Gasteiger partial charge < -0.3 is 14.3 Å². The number of hydrogen-bond acceptors (Lipinski definition) is 7. The average molecular weight is 331 g/mol. The maximum Gasteiger partial charge on any atom is 0.433 e. The number of furan rings is 1. The molecule has 9 nitrogen and oxygen atoms in total. The van der Waals surface area contributed by atoms with Gasteiger partial charge in [0.1, 0.15) is 22.2 Å². The lowest BCUT2D eigenvalue weighted by atomic mass is 10.2. The number of ether oxygens (including phenoxy) is 1. The van der Waals surface area contributed by atoms with E-state index < -0.39 is 10.8 Å². The number of phenols is 1. The second-order valence-electron chi connectivity index (χ2n) is 4.39. The fourth-order valence-electron chi connectivity index (χ4n) is 1.70. The molecule has 124 valence electrons. The van der Waals surface area contributed by atoms with Crippen molar-refractivity contribution < 1.29 is 24.0 Å². The monoisotopic (exact) mass is 331 g/mol. The zero-order valence-corrected chi connectivity index (χ0v) is 12.5. The number of nitro groups is 1. The number of carbonyl (C=O) groups excluding carboxylic acids is 1. The number of hydrazone groups is 1. The normalized spacial score (nSPS) is 11.0. The van der Waals surface area contributed by atoms with Crippen molar-refractivity contribution >= 4 is 24.1 Å². The number of amides is 1. The molecule has 0 saturated heterocycles. The van der Waals surface area contributed by atoms with Crippen LogP contribution in [0.3, 0.4) is 0 Å². The first-order valence-electron chi connectivity index (χ1n) is 6.62. The third-order valence-electron chi connectivity index (χ3n) is 2.83. The van der Waals surface area contributed by atoms with Crippen molar-refractivity contribution in [1.29, 1.82) is 0 Å². The fourth-order valence-corrected chi connectivity index (χ4v) is 1.70. The van der Waals surface area contributed by atoms with E-state index in [1.165, 1.54) is 55.8 Å². The molecule has 2 aromatic rings. The molecule has 1 heterocycles. The maximum absolute atomic E-state index is 11.8. The molecule has 1 aromatic heterocycles. The van der Waals surface area contributed by atoms with Crippen LogP contribution in [-0.4, -0.2) is 29.3 Å². The van der Waals surface area contributed by atoms with Gasteiger partial charge in [0.2, 0.25) is 0 Å². The lowest BCUT2D eigenvalue weighted by Gasteiger charge is -2.05. The Kier molecular flexibility index (Phi) is 5.29. The molecule has 1 aromatic carbocycles. The molecular formula is C15H13N3O6. The molecule has 0 saturated carbocycles. The highest BCUT2D eigenvalue weighted by atomic mass is 16.6. The molecule has 0 aliphatic heterocycles. The zero-order valence-electron chi connectivity index (χ0n) is 12.5. The summed E-state index contributed by atoms with van der Waals surface area (Å²) in [6, 6.07) is 6.89. The number of rotatable bonds is 6. The lowest BCUT2D eigenvalue weighted by molar-refractivity contribution is -0.402. The van der Waals surface area contributed by atoms with Crippen LogP contribution in [0.2, 0.25) is 0 Å². The van der Waals surface area contributed by atoms with Crippen molar-refractivity contribution in [2.24, 2.45) is 5.10 Å². The van der Waals surface area contributed by atoms with Gasteiger partial charge in [0.05, 0.1) is 18.7 Å². The second-order valence-corrected chi connectivity index (χ2v) is 4.39. The number of carbonyl (C=O) groups is 1. The molecule has 0 bridgehead atoms. The third-order valence-corrected chi connectivity index (χ3v) is 2.83. The highest BCUT2D eigenvalue weighted by Crippen LogP contribution is 2.23. The van der Waals surface area contributed by atoms with Crippen molar-refractivity contribution in [3.63, 3.8) is 0 Å². The summed E-state index contributed by atoms with van der Waals surface area (Å²) in [6.07, 6.45) is 4.12. The number of nitrogens with zero attached hydrogens (tertiary/aromatic N) is 2. The highest BCUT2D eigenvalue weighted by Gasteiger charge is 2.11. The van der Waals surface area contributed by atoms with Crippen molar-refractivity contribution in [2.75, 3.05) is 7.11 Å². The molecular weight excluding hydrogens is 318 g/mol. The summed E-state index contributed by atoms with van der Waals surface area (Å²) in [4.78, 5) is 21.6. The van der Waals surface area contributed by atoms with Gasteiger partial charge >= 0.3 is 5.88 Å². The van der Waals surface area contributed by atoms with Crippen LogP contribution in [0.4, 0.5) is 5.88 Å². The number of methoxy groups -OCH3 is 1. The van der Waals surface area contributed by atoms with E-state index in [9.17, 15) is 20.0 Å². The van der Waals surface area contributed by atoms with Crippen molar-refractivity contribution in [3.8, 4) is 11.5 Å². The number of hydrogen-bond donors (Lipinski definition) is 2. The molecule has 9 heteroatoms. The smallest absolute Gasteiger partial charge is 0.433 e. The summed E-state index contributed by atoms with van der Waals surface area (Å²) >= 11 is 0. The van der Waals surface area contributed by atoms with E-state index in [1.807, 2.05) is 0 Å². The summed E-state index contributed by atoms with van der Waals surface area (Å²) in [5.74, 6) is -0.515. The molecule has 1 amide bonds. The van der Waals surface area contributed by atoms with E-state index in [0.717, 1.165) is 0 Å². The fraction of sp³-hybridized carbons (Fsp3) is 0.0667. The Morgan fingerprint density at radius 1 is 1.42 bits per heavy atom. The van der Waals surface area contributed by atoms with E-state index in [4.69, 9.17) is 9.15 Å². The highest BCUT2D eigenvalue weighted by molar-refractivity contribution is 5.97. The summed E-state index contributed by atoms with van der Waals surface area (Å²) in [7, 11) is 1.44. The SMILES string of the molecule is COc1ccc(C(=O)NN=CC=Cc2ccc([N+](=O)[O-])o2)c(O)c1. The Morgan fingerprint density at radius 2 is 2.21 bits per heavy atom. The lowest BCUT2D eigenvalue weighted by Crippen LogP contribution is -2.17. The maximum atomic E-state index is 11.8. The van der Waals surface area contributed by atoms with Crippen LogP contribution < -0.4 is 10.2 Å². The molecule has 24 heavy (non-hydrogen) atoms. The van der Waals surface area contributed by atoms with E-state index >= 15 is 0 Å². The minimum absolute atomic E-state index is 0.0404. The topological polar surface area (TPSA) is 127 Å². The van der Waals surface area contributed by atoms with Gasteiger partial charge in [-0.15, -0.1) is 0 Å². The Balaban J connectivity index is 1.92. The quantitative estimate of drug-likeness (QED) is 0.475. The number of aromatic hydroxyl groups is 1. The van der Waals surface area contributed by atoms with Crippen molar-refractivity contribution in [3.05, 3.63) is 57.8 Å². The molecule has 0 atom stereocenters. The minimum atomic E-state index is -0.646. The number of nitrogens with one attached hydrogen (secondary N) is 1. The Hall–Kier alpha value is -3.62. The Morgan fingerprint density at radius 3 is 2.83 bits per heavy atom. The number of allylic oxidation sites excluding steroid dienone is 1. The molecule has 0 unspecified atom stereocenters. The standard InChI is InChI=1S/C15H13N3O6/c1-23-11-4-6-12(13(19)9-11)15(20)17-16-8-2-3-10-5-7-14(24-10)18(21)22/h2-9,19H,1H3,(H,17,20). The summed E-state index contributed by atoms with van der Waals surface area (Å²) in [6.45, 7) is 0. The molecule has 0 aliphatic carbocycles. The molecule has 0 fully saturated rings. The number of benzene rings is 1. The van der Waals surface area contributed by atoms with Crippen LogP contribution in [-0.2, 0) is 0 Å². The van der Waals surface area contributed by atoms with Crippen LogP contribution in [0.25, 0.3) is 6.08 Å². The first-order chi connectivity index (χ1) is 11.5. The zero-order chi connectivity index (χ0) is 17.5. The molecule has 2 N–H and O–H groups in total. The predicted octanol–water partition coefficient (Wildman–Crippen LogP) is 2.33. The molecule has 0 aliphatic rings. The van der Waals surface area contributed by atoms with Crippen molar-refractivity contribution in [1.82, 2.24) is 5.43 Å². The van der Waals surface area contributed by atoms with Gasteiger partial charge in [0, 0.05) is 12.3 Å². The summed E-state index contributed by atoms with van der Waals surface area (Å²) < 4.78 is 9.82. The summed E-state index contributed by atoms with van der Waals surface area (Å²) in [5.41, 5.74) is 2.27. The van der Waals surface area contributed by atoms with E-state index in [-0.39, 0.29) is 23.0 Å². The second kappa shape index (κ2) is 7.58. The van der Waals surface area contributed by atoms with Crippen LogP contribution in [0.1, 0.15) is 16.1 Å². The van der Waals surface area contributed by atoms with Crippen LogP contribution in [0.5, 0.6) is 11.5 Å². The number of phenolic OH excluding ortho intramolecular Hbond substituents is 1. The molecule has 0 spiro atoms. The summed E-state index contributed by atoms with van der Waals surface area (Å²) in [5, 5.41) is 23.8. The van der Waals surface area contributed by atoms with Crippen LogP contribution in [0.15, 0.2) is 45.9 Å². The van der Waals surface area contributed by atoms with E-state index in [1.54, 1.807) is 0 Å². The van der Waals surface area contributed by atoms with E-state index in [2.05, 4.69) is 10.5 Å². The van der Waals surface area contributed by atoms with Gasteiger partial charge in [0.15, 0.2) is 0 Å². The third kappa shape index (κ3) is 4.19. The van der Waals surface area contributed by atoms with Gasteiger partial charge in [0.25, 0.3) is 5.91 Å². The Labute approximate surface area is 136 Å². The largest absolute Gasteiger partial charge is 0.507 e. The minimum Gasteiger partial charge on any atom is -0.507 e. The van der Waals surface area contributed by atoms with Crippen LogP contribution >= 0.6 is 0 Å². The van der Waals surface area contributed by atoms with E-state index in [0.29, 0.717) is 5.75 Å². The van der Waals surface area contributed by atoms with Crippen LogP contribution in [0, 0.1) is 10.1 Å². The first kappa shape index (κ1) is 16.7. The van der Waals surface area contributed by atoms with Gasteiger partial charge in [-0.2, -0.15) is 5.10 Å².